The number of carbonyl (C=O) groups excluding carboxylic acids is 1. The molecule has 1 aromatic rings. The van der Waals surface area contributed by atoms with Gasteiger partial charge >= 0.3 is 6.03 Å². The molecule has 1 saturated heterocycles. The summed E-state index contributed by atoms with van der Waals surface area (Å²) in [5.74, 6) is 3.45. The molecule has 1 N–H and O–H groups in total. The van der Waals surface area contributed by atoms with Gasteiger partial charge in [0.1, 0.15) is 12.4 Å². The molecule has 2 rings (SSSR count). The summed E-state index contributed by atoms with van der Waals surface area (Å²) in [5, 5.41) is 2.89. The van der Waals surface area contributed by atoms with Crippen LogP contribution in [0, 0.1) is 18.3 Å². The molecule has 2 amide bonds. The third kappa shape index (κ3) is 3.92. The molecule has 2 atom stereocenters. The molecular weight excluding hydrogens is 280 g/mol. The van der Waals surface area contributed by atoms with E-state index < -0.39 is 0 Å². The van der Waals surface area contributed by atoms with Crippen molar-refractivity contribution in [2.75, 3.05) is 32.1 Å². The van der Waals surface area contributed by atoms with E-state index in [1.807, 2.05) is 12.1 Å². The van der Waals surface area contributed by atoms with E-state index in [9.17, 15) is 4.79 Å². The molecule has 1 aromatic carbocycles. The van der Waals surface area contributed by atoms with E-state index in [0.717, 1.165) is 13.0 Å². The molecule has 5 nitrogen and oxygen atoms in total. The van der Waals surface area contributed by atoms with Crippen molar-refractivity contribution in [2.24, 2.45) is 5.92 Å². The van der Waals surface area contributed by atoms with Gasteiger partial charge in [-0.25, -0.2) is 4.79 Å². The Morgan fingerprint density at radius 1 is 1.50 bits per heavy atom. The minimum atomic E-state index is -0.147. The lowest BCUT2D eigenvalue weighted by Crippen LogP contribution is -2.48. The molecule has 0 saturated carbocycles. The molecule has 1 heterocycles. The Kier molecular flexibility index (Phi) is 5.68. The van der Waals surface area contributed by atoms with Crippen molar-refractivity contribution >= 4 is 11.7 Å². The summed E-state index contributed by atoms with van der Waals surface area (Å²) in [6.07, 6.45) is 6.21. The summed E-state index contributed by atoms with van der Waals surface area (Å²) in [4.78, 5) is 14.2. The summed E-state index contributed by atoms with van der Waals surface area (Å²) in [6, 6.07) is 7.11. The minimum Gasteiger partial charge on any atom is -0.479 e. The van der Waals surface area contributed by atoms with Crippen molar-refractivity contribution in [3.05, 3.63) is 24.3 Å². The second-order valence-corrected chi connectivity index (χ2v) is 5.41. The Hall–Kier alpha value is -2.19. The zero-order chi connectivity index (χ0) is 15.9. The van der Waals surface area contributed by atoms with Gasteiger partial charge in [0.25, 0.3) is 0 Å². The normalized spacial score (nSPS) is 21.0. The third-order valence-electron chi connectivity index (χ3n) is 3.92. The molecule has 0 bridgehead atoms. The molecule has 1 aliphatic heterocycles. The highest BCUT2D eigenvalue weighted by molar-refractivity contribution is 5.91. The first kappa shape index (κ1) is 16.2. The lowest BCUT2D eigenvalue weighted by molar-refractivity contribution is 0.00895. The van der Waals surface area contributed by atoms with Crippen LogP contribution >= 0.6 is 0 Å². The van der Waals surface area contributed by atoms with Gasteiger partial charge in [-0.3, -0.25) is 0 Å². The Bertz CT molecular complexity index is 553. The van der Waals surface area contributed by atoms with Crippen molar-refractivity contribution in [1.82, 2.24) is 4.90 Å². The summed E-state index contributed by atoms with van der Waals surface area (Å²) >= 11 is 0. The van der Waals surface area contributed by atoms with Gasteiger partial charge in [0.05, 0.1) is 11.8 Å². The second-order valence-electron chi connectivity index (χ2n) is 5.41. The smallest absolute Gasteiger partial charge is 0.322 e. The fraction of sp³-hybridized carbons (Fsp3) is 0.471. The number of rotatable bonds is 4. The van der Waals surface area contributed by atoms with Crippen molar-refractivity contribution in [3.8, 4) is 18.1 Å². The quantitative estimate of drug-likeness (QED) is 0.870. The van der Waals surface area contributed by atoms with Gasteiger partial charge < -0.3 is 19.7 Å². The molecule has 118 valence electrons. The van der Waals surface area contributed by atoms with Gasteiger partial charge in [-0.1, -0.05) is 25.0 Å². The molecule has 5 heteroatoms. The summed E-state index contributed by atoms with van der Waals surface area (Å²) in [7, 11) is 1.69. The van der Waals surface area contributed by atoms with Crippen molar-refractivity contribution < 1.29 is 14.3 Å². The zero-order valence-electron chi connectivity index (χ0n) is 13.0. The van der Waals surface area contributed by atoms with Gasteiger partial charge in [0, 0.05) is 20.2 Å². The van der Waals surface area contributed by atoms with Crippen LogP contribution in [-0.2, 0) is 4.74 Å². The average Bonchev–Trinajstić information content (AvgIpc) is 2.54. The van der Waals surface area contributed by atoms with Crippen LogP contribution in [-0.4, -0.2) is 43.8 Å². The predicted octanol–water partition coefficient (Wildman–Crippen LogP) is 2.59. The highest BCUT2D eigenvalue weighted by atomic mass is 16.5. The van der Waals surface area contributed by atoms with E-state index in [2.05, 4.69) is 18.2 Å². The number of nitrogens with zero attached hydrogens (tertiary/aromatic N) is 1. The van der Waals surface area contributed by atoms with E-state index in [1.54, 1.807) is 24.1 Å². The van der Waals surface area contributed by atoms with E-state index in [0.29, 0.717) is 23.9 Å². The lowest BCUT2D eigenvalue weighted by atomic mass is 9.96. The van der Waals surface area contributed by atoms with Crippen molar-refractivity contribution in [2.45, 2.75) is 19.4 Å². The summed E-state index contributed by atoms with van der Waals surface area (Å²) in [5.41, 5.74) is 0.621. The third-order valence-corrected chi connectivity index (χ3v) is 3.92. The first-order valence-electron chi connectivity index (χ1n) is 7.39. The molecule has 0 aromatic heterocycles. The van der Waals surface area contributed by atoms with Crippen LogP contribution in [0.5, 0.6) is 5.75 Å². The Morgan fingerprint density at radius 2 is 2.27 bits per heavy atom. The van der Waals surface area contributed by atoms with Gasteiger partial charge in [-0.15, -0.1) is 6.42 Å². The van der Waals surface area contributed by atoms with Crippen LogP contribution in [0.2, 0.25) is 0 Å². The topological polar surface area (TPSA) is 50.8 Å². The Balaban J connectivity index is 2.02. The first-order chi connectivity index (χ1) is 10.7. The number of carbonyl (C=O) groups is 1. The lowest BCUT2D eigenvalue weighted by Gasteiger charge is -2.36. The zero-order valence-corrected chi connectivity index (χ0v) is 13.0. The molecule has 1 aliphatic rings. The average molecular weight is 302 g/mol. The maximum absolute atomic E-state index is 12.4. The number of urea groups is 1. The number of methoxy groups -OCH3 is 1. The largest absolute Gasteiger partial charge is 0.479 e. The maximum Gasteiger partial charge on any atom is 0.322 e. The molecule has 0 aliphatic carbocycles. The molecule has 0 spiro atoms. The number of amides is 2. The number of terminal acetylenes is 1. The van der Waals surface area contributed by atoms with Gasteiger partial charge in [0.15, 0.2) is 0 Å². The SMILES string of the molecule is C#CCOc1ccccc1NC(=O)N1CC[C@@H](C)[C@H](OC)C1. The second kappa shape index (κ2) is 7.71. The number of para-hydroxylation sites is 2. The Morgan fingerprint density at radius 3 is 3.00 bits per heavy atom. The molecule has 0 unspecified atom stereocenters. The number of anilines is 1. The maximum atomic E-state index is 12.4. The summed E-state index contributed by atoms with van der Waals surface area (Å²) < 4.78 is 10.9. The minimum absolute atomic E-state index is 0.0763. The van der Waals surface area contributed by atoms with Crippen LogP contribution < -0.4 is 10.1 Å². The Labute approximate surface area is 131 Å². The number of hydrogen-bond acceptors (Lipinski definition) is 3. The van der Waals surface area contributed by atoms with Crippen molar-refractivity contribution in [1.29, 1.82) is 0 Å². The number of ether oxygens (including phenoxy) is 2. The van der Waals surface area contributed by atoms with Gasteiger partial charge in [-0.05, 0) is 24.5 Å². The summed E-state index contributed by atoms with van der Waals surface area (Å²) in [6.45, 7) is 3.63. The van der Waals surface area contributed by atoms with Crippen LogP contribution in [0.15, 0.2) is 24.3 Å². The number of hydrogen-bond donors (Lipinski definition) is 1. The molecular formula is C17H22N2O3. The van der Waals surface area contributed by atoms with Gasteiger partial charge in [-0.2, -0.15) is 0 Å². The fourth-order valence-electron chi connectivity index (χ4n) is 2.53. The van der Waals surface area contributed by atoms with Crippen LogP contribution in [0.4, 0.5) is 10.5 Å². The highest BCUT2D eigenvalue weighted by Gasteiger charge is 2.29. The van der Waals surface area contributed by atoms with Crippen molar-refractivity contribution in [3.63, 3.8) is 0 Å². The first-order valence-corrected chi connectivity index (χ1v) is 7.39. The number of piperidine rings is 1. The highest BCUT2D eigenvalue weighted by Crippen LogP contribution is 2.25. The monoisotopic (exact) mass is 302 g/mol. The molecule has 0 radical (unpaired) electrons. The van der Waals surface area contributed by atoms with Crippen LogP contribution in [0.1, 0.15) is 13.3 Å². The van der Waals surface area contributed by atoms with E-state index >= 15 is 0 Å². The van der Waals surface area contributed by atoms with E-state index in [1.165, 1.54) is 0 Å². The van der Waals surface area contributed by atoms with Gasteiger partial charge in [0.2, 0.25) is 0 Å². The molecule has 22 heavy (non-hydrogen) atoms. The number of nitrogens with one attached hydrogen (secondary N) is 1. The number of benzene rings is 1. The predicted molar refractivity (Wildman–Crippen MR) is 85.9 cm³/mol. The van der Waals surface area contributed by atoms with Crippen LogP contribution in [0.25, 0.3) is 0 Å². The fourth-order valence-corrected chi connectivity index (χ4v) is 2.53. The molecule has 1 fully saturated rings. The standard InChI is InChI=1S/C17H22N2O3/c1-4-11-22-15-8-6-5-7-14(15)18-17(20)19-10-9-13(2)16(12-19)21-3/h1,5-8,13,16H,9-12H2,2-3H3,(H,18,20)/t13-,16-/m1/s1. The van der Waals surface area contributed by atoms with E-state index in [4.69, 9.17) is 15.9 Å². The van der Waals surface area contributed by atoms with E-state index in [-0.39, 0.29) is 18.7 Å². The van der Waals surface area contributed by atoms with Crippen LogP contribution in [0.3, 0.4) is 0 Å². The number of likely N-dealkylation sites (tertiary alicyclic amines) is 1.